The minimum absolute atomic E-state index is 0.00137. The molecule has 7 nitrogen and oxygen atoms in total. The van der Waals surface area contributed by atoms with E-state index in [1.165, 1.54) is 23.5 Å². The fraction of sp³-hybridized carbons (Fsp3) is 0.444. The van der Waals surface area contributed by atoms with Crippen molar-refractivity contribution in [2.75, 3.05) is 20.2 Å². The fourth-order valence-electron chi connectivity index (χ4n) is 2.91. The number of nitrogens with zero attached hydrogens (tertiary/aromatic N) is 3. The monoisotopic (exact) mass is 395 g/mol. The third-order valence-corrected chi connectivity index (χ3v) is 6.33. The first kappa shape index (κ1) is 19.5. The summed E-state index contributed by atoms with van der Waals surface area (Å²) in [5, 5.41) is 0. The number of rotatable bonds is 6. The van der Waals surface area contributed by atoms with Crippen molar-refractivity contribution in [3.63, 3.8) is 0 Å². The lowest BCUT2D eigenvalue weighted by Gasteiger charge is -2.31. The van der Waals surface area contributed by atoms with Crippen LogP contribution in [0.25, 0.3) is 0 Å². The second kappa shape index (κ2) is 8.18. The van der Waals surface area contributed by atoms with E-state index < -0.39 is 15.8 Å². The van der Waals surface area contributed by atoms with Crippen molar-refractivity contribution in [3.8, 4) is 11.8 Å². The largest absolute Gasteiger partial charge is 0.494 e. The number of hydrogen-bond donors (Lipinski definition) is 0. The number of hydrogen-bond acceptors (Lipinski definition) is 6. The van der Waals surface area contributed by atoms with Crippen molar-refractivity contribution < 1.29 is 22.3 Å². The molecule has 27 heavy (non-hydrogen) atoms. The highest BCUT2D eigenvalue weighted by molar-refractivity contribution is 7.89. The molecule has 1 aromatic heterocycles. The van der Waals surface area contributed by atoms with E-state index in [-0.39, 0.29) is 29.3 Å². The molecule has 3 rings (SSSR count). The van der Waals surface area contributed by atoms with Gasteiger partial charge in [-0.1, -0.05) is 6.92 Å². The van der Waals surface area contributed by atoms with Gasteiger partial charge in [0.25, 0.3) is 0 Å². The Morgan fingerprint density at radius 3 is 2.67 bits per heavy atom. The quantitative estimate of drug-likeness (QED) is 0.747. The van der Waals surface area contributed by atoms with Crippen LogP contribution in [0.1, 0.15) is 25.3 Å². The van der Waals surface area contributed by atoms with Crippen molar-refractivity contribution in [2.24, 2.45) is 0 Å². The van der Waals surface area contributed by atoms with Gasteiger partial charge in [-0.15, -0.1) is 0 Å². The molecule has 1 aromatic carbocycles. The summed E-state index contributed by atoms with van der Waals surface area (Å²) >= 11 is 0. The molecule has 0 amide bonds. The lowest BCUT2D eigenvalue weighted by molar-refractivity contribution is 0.119. The van der Waals surface area contributed by atoms with Crippen LogP contribution in [0.4, 0.5) is 4.39 Å². The van der Waals surface area contributed by atoms with Crippen molar-refractivity contribution in [1.29, 1.82) is 0 Å². The number of ether oxygens (including phenoxy) is 2. The van der Waals surface area contributed by atoms with Crippen molar-refractivity contribution in [3.05, 3.63) is 42.0 Å². The number of methoxy groups -OCH3 is 1. The zero-order chi connectivity index (χ0) is 19.4. The number of aryl methyl sites for hydroxylation is 1. The Labute approximate surface area is 158 Å². The topological polar surface area (TPSA) is 81.6 Å². The van der Waals surface area contributed by atoms with E-state index in [0.717, 1.165) is 18.1 Å². The van der Waals surface area contributed by atoms with Gasteiger partial charge < -0.3 is 9.47 Å². The van der Waals surface area contributed by atoms with Crippen molar-refractivity contribution >= 4 is 10.0 Å². The van der Waals surface area contributed by atoms with Crippen LogP contribution in [0, 0.1) is 5.82 Å². The predicted octanol–water partition coefficient (Wildman–Crippen LogP) is 2.42. The lowest BCUT2D eigenvalue weighted by Crippen LogP contribution is -2.44. The molecule has 2 aromatic rings. The molecule has 0 N–H and O–H groups in total. The first-order chi connectivity index (χ1) is 12.9. The third-order valence-electron chi connectivity index (χ3n) is 4.46. The minimum Gasteiger partial charge on any atom is -0.494 e. The van der Waals surface area contributed by atoms with Gasteiger partial charge >= 0.3 is 6.01 Å². The Kier molecular flexibility index (Phi) is 5.91. The van der Waals surface area contributed by atoms with E-state index in [1.54, 1.807) is 12.4 Å². The number of aromatic nitrogens is 2. The second-order valence-corrected chi connectivity index (χ2v) is 8.21. The zero-order valence-electron chi connectivity index (χ0n) is 15.3. The van der Waals surface area contributed by atoms with Crippen LogP contribution < -0.4 is 9.47 Å². The summed E-state index contributed by atoms with van der Waals surface area (Å²) in [7, 11) is -2.50. The minimum atomic E-state index is -3.83. The van der Waals surface area contributed by atoms with E-state index in [1.807, 2.05) is 6.92 Å². The average molecular weight is 395 g/mol. The molecule has 0 spiro atoms. The van der Waals surface area contributed by atoms with Gasteiger partial charge in [-0.25, -0.2) is 22.8 Å². The first-order valence-electron chi connectivity index (χ1n) is 8.75. The average Bonchev–Trinajstić information content (AvgIpc) is 2.68. The summed E-state index contributed by atoms with van der Waals surface area (Å²) < 4.78 is 51.5. The summed E-state index contributed by atoms with van der Waals surface area (Å²) in [6.07, 6.45) is 5.19. The maximum absolute atomic E-state index is 13.9. The summed E-state index contributed by atoms with van der Waals surface area (Å²) in [5.74, 6) is -0.714. The van der Waals surface area contributed by atoms with Crippen molar-refractivity contribution in [1.82, 2.24) is 14.3 Å². The van der Waals surface area contributed by atoms with Crippen molar-refractivity contribution in [2.45, 2.75) is 37.2 Å². The van der Waals surface area contributed by atoms with Gasteiger partial charge in [0, 0.05) is 18.9 Å². The van der Waals surface area contributed by atoms with Crippen LogP contribution in [-0.2, 0) is 16.4 Å². The molecule has 1 atom stereocenters. The fourth-order valence-corrected chi connectivity index (χ4v) is 4.43. The van der Waals surface area contributed by atoms with E-state index in [9.17, 15) is 12.8 Å². The van der Waals surface area contributed by atoms with E-state index in [2.05, 4.69) is 9.97 Å². The SMILES string of the molecule is CCc1cnc(OC2CCCN(S(=O)(=O)c3ccc(OC)c(F)c3)C2)nc1. The van der Waals surface area contributed by atoms with Crippen LogP contribution in [0.5, 0.6) is 11.8 Å². The van der Waals surface area contributed by atoms with Gasteiger partial charge in [-0.2, -0.15) is 4.31 Å². The number of sulfonamides is 1. The van der Waals surface area contributed by atoms with E-state index in [0.29, 0.717) is 19.4 Å². The van der Waals surface area contributed by atoms with Gasteiger partial charge in [0.2, 0.25) is 10.0 Å². The summed E-state index contributed by atoms with van der Waals surface area (Å²) in [5.41, 5.74) is 0.997. The standard InChI is InChI=1S/C18H22FN3O4S/c1-3-13-10-20-18(21-11-13)26-14-5-4-8-22(12-14)27(23,24)15-6-7-17(25-2)16(19)9-15/h6-7,9-11,14H,3-5,8,12H2,1-2H3. The van der Waals surface area contributed by atoms with Gasteiger partial charge in [0.15, 0.2) is 11.6 Å². The van der Waals surface area contributed by atoms with Crippen LogP contribution >= 0.6 is 0 Å². The van der Waals surface area contributed by atoms with E-state index >= 15 is 0 Å². The molecular weight excluding hydrogens is 373 g/mol. The molecule has 0 bridgehead atoms. The summed E-state index contributed by atoms with van der Waals surface area (Å²) in [6.45, 7) is 2.52. The predicted molar refractivity (Wildman–Crippen MR) is 96.8 cm³/mol. The third kappa shape index (κ3) is 4.36. The van der Waals surface area contributed by atoms with Crippen LogP contribution in [-0.4, -0.2) is 49.0 Å². The maximum Gasteiger partial charge on any atom is 0.316 e. The molecule has 2 heterocycles. The number of halogens is 1. The Bertz CT molecular complexity index is 890. The number of benzene rings is 1. The van der Waals surface area contributed by atoms with E-state index in [4.69, 9.17) is 9.47 Å². The molecule has 1 aliphatic rings. The molecule has 1 saturated heterocycles. The molecule has 0 saturated carbocycles. The lowest BCUT2D eigenvalue weighted by atomic mass is 10.1. The highest BCUT2D eigenvalue weighted by Gasteiger charge is 2.32. The number of piperidine rings is 1. The second-order valence-electron chi connectivity index (χ2n) is 6.27. The van der Waals surface area contributed by atoms with Gasteiger partial charge in [-0.05, 0) is 43.0 Å². The van der Waals surface area contributed by atoms with Crippen LogP contribution in [0.2, 0.25) is 0 Å². The Morgan fingerprint density at radius 2 is 2.04 bits per heavy atom. The molecule has 0 aliphatic carbocycles. The Hall–Kier alpha value is -2.26. The smallest absolute Gasteiger partial charge is 0.316 e. The molecular formula is C18H22FN3O4S. The molecule has 146 valence electrons. The zero-order valence-corrected chi connectivity index (χ0v) is 16.1. The molecule has 1 fully saturated rings. The molecule has 1 unspecified atom stereocenters. The highest BCUT2D eigenvalue weighted by Crippen LogP contribution is 2.26. The highest BCUT2D eigenvalue weighted by atomic mass is 32.2. The molecule has 0 radical (unpaired) electrons. The van der Waals surface area contributed by atoms with Gasteiger partial charge in [0.05, 0.1) is 18.6 Å². The summed E-state index contributed by atoms with van der Waals surface area (Å²) in [4.78, 5) is 8.20. The Balaban J connectivity index is 1.73. The normalized spacial score (nSPS) is 18.3. The molecule has 1 aliphatic heterocycles. The molecule has 9 heteroatoms. The first-order valence-corrected chi connectivity index (χ1v) is 10.2. The maximum atomic E-state index is 13.9. The van der Waals surface area contributed by atoms with Gasteiger partial charge in [0.1, 0.15) is 6.10 Å². The Morgan fingerprint density at radius 1 is 1.30 bits per heavy atom. The van der Waals surface area contributed by atoms with Gasteiger partial charge in [-0.3, -0.25) is 0 Å². The van der Waals surface area contributed by atoms with Crippen LogP contribution in [0.3, 0.4) is 0 Å². The summed E-state index contributed by atoms with van der Waals surface area (Å²) in [6, 6.07) is 3.86. The van der Waals surface area contributed by atoms with Crippen LogP contribution in [0.15, 0.2) is 35.5 Å².